The molecule has 0 radical (unpaired) electrons. The lowest BCUT2D eigenvalue weighted by molar-refractivity contribution is -0.133. The van der Waals surface area contributed by atoms with Crippen LogP contribution in [0.4, 0.5) is 9.18 Å². The van der Waals surface area contributed by atoms with Gasteiger partial charge in [-0.2, -0.15) is 0 Å². The van der Waals surface area contributed by atoms with Crippen molar-refractivity contribution in [1.82, 2.24) is 14.8 Å². The minimum Gasteiger partial charge on any atom is -0.318 e. The summed E-state index contributed by atoms with van der Waals surface area (Å²) in [6.07, 6.45) is 1.49. The molecule has 0 saturated carbocycles. The Kier molecular flexibility index (Phi) is 4.71. The standard InChI is InChI=1S/C21H22FN3O3/c1-12-10-14(13(2)24(12)16-8-6-15(22)7-9-16)11-17-18(26)23-20(28)25(19(17)27)21(3,4)5/h6-11H,1-5H3,(H,23,26,28)/b17-11+. The third-order valence-electron chi connectivity index (χ3n) is 4.63. The average molecular weight is 383 g/mol. The van der Waals surface area contributed by atoms with E-state index in [1.807, 2.05) is 24.5 Å². The van der Waals surface area contributed by atoms with Crippen LogP contribution in [0.2, 0.25) is 0 Å². The summed E-state index contributed by atoms with van der Waals surface area (Å²) in [5.41, 5.74) is 2.22. The molecule has 0 unspecified atom stereocenters. The second-order valence-corrected chi connectivity index (χ2v) is 7.77. The van der Waals surface area contributed by atoms with Crippen LogP contribution in [0.3, 0.4) is 0 Å². The number of urea groups is 1. The number of aryl methyl sites for hydroxylation is 1. The molecule has 4 amide bonds. The SMILES string of the molecule is Cc1cc(/C=C2\C(=O)NC(=O)N(C(C)(C)C)C2=O)c(C)n1-c1ccc(F)cc1. The highest BCUT2D eigenvalue weighted by Gasteiger charge is 2.41. The molecule has 7 heteroatoms. The molecule has 1 fully saturated rings. The maximum Gasteiger partial charge on any atom is 0.331 e. The third-order valence-corrected chi connectivity index (χ3v) is 4.63. The quantitative estimate of drug-likeness (QED) is 0.637. The van der Waals surface area contributed by atoms with Gasteiger partial charge < -0.3 is 4.57 Å². The van der Waals surface area contributed by atoms with Gasteiger partial charge in [-0.3, -0.25) is 19.8 Å². The van der Waals surface area contributed by atoms with Crippen molar-refractivity contribution in [3.05, 3.63) is 58.7 Å². The minimum absolute atomic E-state index is 0.103. The number of carbonyl (C=O) groups is 3. The van der Waals surface area contributed by atoms with E-state index in [1.54, 1.807) is 32.9 Å². The van der Waals surface area contributed by atoms with Crippen molar-refractivity contribution in [2.24, 2.45) is 0 Å². The number of rotatable bonds is 2. The maximum absolute atomic E-state index is 13.2. The van der Waals surface area contributed by atoms with Crippen molar-refractivity contribution in [2.75, 3.05) is 0 Å². The summed E-state index contributed by atoms with van der Waals surface area (Å²) in [6, 6.07) is 7.17. The zero-order valence-electron chi connectivity index (χ0n) is 16.5. The monoisotopic (exact) mass is 383 g/mol. The lowest BCUT2D eigenvalue weighted by Gasteiger charge is -2.36. The predicted octanol–water partition coefficient (Wildman–Crippen LogP) is 3.49. The Morgan fingerprint density at radius 2 is 1.64 bits per heavy atom. The van der Waals surface area contributed by atoms with Crippen molar-refractivity contribution >= 4 is 23.9 Å². The Bertz CT molecular complexity index is 1010. The largest absolute Gasteiger partial charge is 0.331 e. The number of aromatic nitrogens is 1. The first-order valence-electron chi connectivity index (χ1n) is 8.87. The fraction of sp³-hybridized carbons (Fsp3) is 0.286. The van der Waals surface area contributed by atoms with Gasteiger partial charge >= 0.3 is 6.03 Å². The van der Waals surface area contributed by atoms with Crippen LogP contribution in [-0.2, 0) is 9.59 Å². The van der Waals surface area contributed by atoms with E-state index in [9.17, 15) is 18.8 Å². The van der Waals surface area contributed by atoms with Crippen molar-refractivity contribution in [3.8, 4) is 5.69 Å². The molecule has 0 bridgehead atoms. The second-order valence-electron chi connectivity index (χ2n) is 7.77. The molecule has 6 nitrogen and oxygen atoms in total. The van der Waals surface area contributed by atoms with Crippen LogP contribution in [0, 0.1) is 19.7 Å². The molecule has 1 aliphatic rings. The molecule has 1 saturated heterocycles. The Morgan fingerprint density at radius 1 is 1.04 bits per heavy atom. The van der Waals surface area contributed by atoms with Gasteiger partial charge in [0.2, 0.25) is 0 Å². The smallest absolute Gasteiger partial charge is 0.318 e. The van der Waals surface area contributed by atoms with Crippen LogP contribution in [0.15, 0.2) is 35.9 Å². The van der Waals surface area contributed by atoms with Crippen LogP contribution < -0.4 is 5.32 Å². The number of hydrogen-bond donors (Lipinski definition) is 1. The fourth-order valence-electron chi connectivity index (χ4n) is 3.34. The molecule has 28 heavy (non-hydrogen) atoms. The molecule has 3 rings (SSSR count). The van der Waals surface area contributed by atoms with Gasteiger partial charge in [0.25, 0.3) is 11.8 Å². The number of nitrogens with zero attached hydrogens (tertiary/aromatic N) is 2. The molecule has 1 aliphatic heterocycles. The summed E-state index contributed by atoms with van der Waals surface area (Å²) in [6.45, 7) is 8.89. The summed E-state index contributed by atoms with van der Waals surface area (Å²) in [4.78, 5) is 38.3. The van der Waals surface area contributed by atoms with Gasteiger partial charge in [0.15, 0.2) is 0 Å². The molecule has 1 N–H and O–H groups in total. The molecular weight excluding hydrogens is 361 g/mol. The number of nitrogens with one attached hydrogen (secondary N) is 1. The molecule has 146 valence electrons. The van der Waals surface area contributed by atoms with E-state index < -0.39 is 23.4 Å². The third kappa shape index (κ3) is 3.35. The highest BCUT2D eigenvalue weighted by atomic mass is 19.1. The molecule has 2 aromatic rings. The Morgan fingerprint density at radius 3 is 2.21 bits per heavy atom. The van der Waals surface area contributed by atoms with Crippen LogP contribution >= 0.6 is 0 Å². The molecule has 0 atom stereocenters. The van der Waals surface area contributed by atoms with Gasteiger partial charge in [-0.15, -0.1) is 0 Å². The fourth-order valence-corrected chi connectivity index (χ4v) is 3.34. The second kappa shape index (κ2) is 6.74. The molecular formula is C21H22FN3O3. The summed E-state index contributed by atoms with van der Waals surface area (Å²) in [7, 11) is 0. The number of benzene rings is 1. The highest BCUT2D eigenvalue weighted by molar-refractivity contribution is 6.31. The minimum atomic E-state index is -0.772. The number of halogens is 1. The number of amides is 4. The van der Waals surface area contributed by atoms with Crippen LogP contribution in [-0.4, -0.2) is 32.9 Å². The van der Waals surface area contributed by atoms with Crippen molar-refractivity contribution in [1.29, 1.82) is 0 Å². The Labute approximate surface area is 162 Å². The van der Waals surface area contributed by atoms with Crippen molar-refractivity contribution in [2.45, 2.75) is 40.2 Å². The molecule has 0 aliphatic carbocycles. The first kappa shape index (κ1) is 19.5. The van der Waals surface area contributed by atoms with E-state index in [1.165, 1.54) is 18.2 Å². The zero-order valence-corrected chi connectivity index (χ0v) is 16.5. The highest BCUT2D eigenvalue weighted by Crippen LogP contribution is 2.26. The van der Waals surface area contributed by atoms with Crippen LogP contribution in [0.5, 0.6) is 0 Å². The average Bonchev–Trinajstić information content (AvgIpc) is 2.85. The normalized spacial score (nSPS) is 16.7. The van der Waals surface area contributed by atoms with E-state index in [0.29, 0.717) is 5.56 Å². The maximum atomic E-state index is 13.2. The van der Waals surface area contributed by atoms with Gasteiger partial charge in [-0.25, -0.2) is 9.18 Å². The van der Waals surface area contributed by atoms with Gasteiger partial charge in [0, 0.05) is 22.6 Å². The first-order chi connectivity index (χ1) is 13.0. The molecule has 1 aromatic heterocycles. The number of barbiturate groups is 1. The lowest BCUT2D eigenvalue weighted by Crippen LogP contribution is -2.60. The van der Waals surface area contributed by atoms with Gasteiger partial charge in [0.05, 0.1) is 0 Å². The van der Waals surface area contributed by atoms with Gasteiger partial charge in [-0.1, -0.05) is 0 Å². The molecule has 2 heterocycles. The van der Waals surface area contributed by atoms with Crippen LogP contribution in [0.1, 0.15) is 37.7 Å². The van der Waals surface area contributed by atoms with E-state index in [0.717, 1.165) is 22.0 Å². The van der Waals surface area contributed by atoms with E-state index in [4.69, 9.17) is 0 Å². The number of carbonyl (C=O) groups excluding carboxylic acids is 3. The Balaban J connectivity index is 2.07. The van der Waals surface area contributed by atoms with Crippen molar-refractivity contribution < 1.29 is 18.8 Å². The van der Waals surface area contributed by atoms with Gasteiger partial charge in [0.1, 0.15) is 11.4 Å². The van der Waals surface area contributed by atoms with Crippen LogP contribution in [0.25, 0.3) is 11.8 Å². The Hall–Kier alpha value is -3.22. The lowest BCUT2D eigenvalue weighted by atomic mass is 10.0. The molecule has 1 aromatic carbocycles. The summed E-state index contributed by atoms with van der Waals surface area (Å²) in [5.74, 6) is -1.68. The molecule has 0 spiro atoms. The number of hydrogen-bond acceptors (Lipinski definition) is 3. The zero-order chi connectivity index (χ0) is 20.8. The first-order valence-corrected chi connectivity index (χ1v) is 8.87. The van der Waals surface area contributed by atoms with Gasteiger partial charge in [-0.05, 0) is 76.6 Å². The van der Waals surface area contributed by atoms with E-state index in [2.05, 4.69) is 5.32 Å². The summed E-state index contributed by atoms with van der Waals surface area (Å²) < 4.78 is 15.1. The summed E-state index contributed by atoms with van der Waals surface area (Å²) in [5, 5.41) is 2.23. The van der Waals surface area contributed by atoms with Crippen molar-refractivity contribution in [3.63, 3.8) is 0 Å². The van der Waals surface area contributed by atoms with E-state index >= 15 is 0 Å². The predicted molar refractivity (Wildman–Crippen MR) is 103 cm³/mol. The number of imide groups is 2. The topological polar surface area (TPSA) is 71.4 Å². The van der Waals surface area contributed by atoms with E-state index in [-0.39, 0.29) is 11.4 Å². The summed E-state index contributed by atoms with van der Waals surface area (Å²) >= 11 is 0.